The molecule has 0 bridgehead atoms. The van der Waals surface area contributed by atoms with Crippen molar-refractivity contribution in [2.45, 2.75) is 26.4 Å². The largest absolute Gasteiger partial charge is 1.00 e. The van der Waals surface area contributed by atoms with Gasteiger partial charge >= 0.3 is 35.5 Å². The number of aliphatic carboxylic acids is 2. The third-order valence-electron chi connectivity index (χ3n) is 1.78. The van der Waals surface area contributed by atoms with Crippen molar-refractivity contribution in [1.82, 2.24) is 4.90 Å². The number of carboxylic acids is 2. The molecule has 0 aliphatic rings. The maximum Gasteiger partial charge on any atom is 1.00 e. The number of nitrogens with zero attached hydrogens (tertiary/aromatic N) is 1. The molecule has 0 spiro atoms. The number of carbonyl (C=O) groups excluding carboxylic acids is 1. The van der Waals surface area contributed by atoms with E-state index in [1.165, 1.54) is 4.90 Å². The fourth-order valence-corrected chi connectivity index (χ4v) is 1.20. The SMILES string of the molecule is CC(C)OCCCN(CC(=O)[O-])CC(=O)O.[Na+]. The van der Waals surface area contributed by atoms with Gasteiger partial charge in [0.25, 0.3) is 0 Å². The van der Waals surface area contributed by atoms with Gasteiger partial charge in [0.15, 0.2) is 0 Å². The maximum atomic E-state index is 10.4. The third-order valence-corrected chi connectivity index (χ3v) is 1.78. The van der Waals surface area contributed by atoms with Crippen LogP contribution in [0.1, 0.15) is 20.3 Å². The van der Waals surface area contributed by atoms with Crippen molar-refractivity contribution >= 4 is 11.9 Å². The number of carboxylic acid groups (broad SMARTS) is 2. The fraction of sp³-hybridized carbons (Fsp3) is 0.800. The first-order chi connectivity index (χ1) is 7.41. The van der Waals surface area contributed by atoms with Crippen LogP contribution in [-0.4, -0.2) is 54.3 Å². The van der Waals surface area contributed by atoms with Gasteiger partial charge in [0.1, 0.15) is 0 Å². The van der Waals surface area contributed by atoms with Crippen molar-refractivity contribution in [3.8, 4) is 0 Å². The van der Waals surface area contributed by atoms with Gasteiger partial charge in [-0.25, -0.2) is 0 Å². The van der Waals surface area contributed by atoms with Crippen molar-refractivity contribution in [3.05, 3.63) is 0 Å². The van der Waals surface area contributed by atoms with E-state index < -0.39 is 11.9 Å². The minimum atomic E-state index is -1.27. The van der Waals surface area contributed by atoms with Gasteiger partial charge in [0.2, 0.25) is 0 Å². The van der Waals surface area contributed by atoms with Crippen molar-refractivity contribution in [3.63, 3.8) is 0 Å². The first-order valence-corrected chi connectivity index (χ1v) is 5.17. The molecule has 0 aromatic carbocycles. The molecule has 0 rings (SSSR count). The van der Waals surface area contributed by atoms with E-state index in [2.05, 4.69) is 0 Å². The molecule has 0 aromatic rings. The van der Waals surface area contributed by atoms with Crippen LogP contribution in [-0.2, 0) is 14.3 Å². The topological polar surface area (TPSA) is 89.9 Å². The van der Waals surface area contributed by atoms with Crippen LogP contribution in [0, 0.1) is 0 Å². The number of rotatable bonds is 9. The Morgan fingerprint density at radius 1 is 1.35 bits per heavy atom. The molecule has 0 fully saturated rings. The molecule has 6 nitrogen and oxygen atoms in total. The van der Waals surface area contributed by atoms with E-state index in [1.807, 2.05) is 13.8 Å². The molecule has 0 radical (unpaired) electrons. The summed E-state index contributed by atoms with van der Waals surface area (Å²) in [6.45, 7) is 3.99. The summed E-state index contributed by atoms with van der Waals surface area (Å²) in [6, 6.07) is 0. The van der Waals surface area contributed by atoms with Crippen LogP contribution in [0.15, 0.2) is 0 Å². The Bertz CT molecular complexity index is 219. The van der Waals surface area contributed by atoms with Gasteiger partial charge in [-0.3, -0.25) is 9.69 Å². The molecular formula is C10H18NNaO5. The van der Waals surface area contributed by atoms with Gasteiger partial charge in [0.05, 0.1) is 18.6 Å². The van der Waals surface area contributed by atoms with E-state index in [-0.39, 0.29) is 48.8 Å². The normalized spacial score (nSPS) is 10.4. The molecule has 7 heteroatoms. The second kappa shape index (κ2) is 11.0. The van der Waals surface area contributed by atoms with Crippen molar-refractivity contribution in [1.29, 1.82) is 0 Å². The average molecular weight is 255 g/mol. The van der Waals surface area contributed by atoms with Gasteiger partial charge in [-0.2, -0.15) is 0 Å². The summed E-state index contributed by atoms with van der Waals surface area (Å²) in [7, 11) is 0. The molecule has 0 aromatic heterocycles. The van der Waals surface area contributed by atoms with Crippen LogP contribution in [0.5, 0.6) is 0 Å². The smallest absolute Gasteiger partial charge is 0.549 e. The summed E-state index contributed by atoms with van der Waals surface area (Å²) in [4.78, 5) is 22.1. The van der Waals surface area contributed by atoms with E-state index in [0.717, 1.165) is 0 Å². The van der Waals surface area contributed by atoms with Crippen molar-refractivity contribution in [2.24, 2.45) is 0 Å². The minimum Gasteiger partial charge on any atom is -0.549 e. The minimum absolute atomic E-state index is 0. The van der Waals surface area contributed by atoms with Gasteiger partial charge < -0.3 is 19.7 Å². The predicted molar refractivity (Wildman–Crippen MR) is 54.8 cm³/mol. The molecule has 0 unspecified atom stereocenters. The van der Waals surface area contributed by atoms with Crippen LogP contribution >= 0.6 is 0 Å². The number of ether oxygens (including phenoxy) is 1. The Balaban J connectivity index is 0. The predicted octanol–water partition coefficient (Wildman–Crippen LogP) is -4.06. The number of hydrogen-bond donors (Lipinski definition) is 1. The van der Waals surface area contributed by atoms with Crippen LogP contribution < -0.4 is 34.7 Å². The zero-order chi connectivity index (χ0) is 12.6. The first-order valence-electron chi connectivity index (χ1n) is 5.17. The molecule has 0 aliphatic carbocycles. The van der Waals surface area contributed by atoms with Crippen LogP contribution in [0.25, 0.3) is 0 Å². The van der Waals surface area contributed by atoms with E-state index in [1.54, 1.807) is 0 Å². The van der Waals surface area contributed by atoms with Crippen LogP contribution in [0.4, 0.5) is 0 Å². The Kier molecular flexibility index (Phi) is 12.4. The molecule has 0 amide bonds. The monoisotopic (exact) mass is 255 g/mol. The molecular weight excluding hydrogens is 237 g/mol. The summed E-state index contributed by atoms with van der Waals surface area (Å²) in [5.74, 6) is -2.32. The summed E-state index contributed by atoms with van der Waals surface area (Å²) in [5, 5.41) is 18.9. The van der Waals surface area contributed by atoms with Crippen molar-refractivity contribution in [2.75, 3.05) is 26.2 Å². The molecule has 0 heterocycles. The fourth-order valence-electron chi connectivity index (χ4n) is 1.20. The van der Waals surface area contributed by atoms with Gasteiger partial charge in [-0.15, -0.1) is 0 Å². The zero-order valence-corrected chi connectivity index (χ0v) is 12.6. The van der Waals surface area contributed by atoms with E-state index in [0.29, 0.717) is 19.6 Å². The first kappa shape index (κ1) is 19.2. The standard InChI is InChI=1S/C10H19NO5.Na/c1-8(2)16-5-3-4-11(6-9(12)13)7-10(14)15;/h8H,3-7H2,1-2H3,(H,12,13)(H,14,15);/q;+1/p-1. The second-order valence-electron chi connectivity index (χ2n) is 3.75. The molecule has 0 saturated heterocycles. The number of carbonyl (C=O) groups is 2. The van der Waals surface area contributed by atoms with Gasteiger partial charge in [-0.05, 0) is 20.3 Å². The maximum absolute atomic E-state index is 10.4. The molecule has 94 valence electrons. The van der Waals surface area contributed by atoms with Crippen LogP contribution in [0.2, 0.25) is 0 Å². The number of hydrogen-bond acceptors (Lipinski definition) is 5. The Morgan fingerprint density at radius 2 is 1.94 bits per heavy atom. The van der Waals surface area contributed by atoms with E-state index >= 15 is 0 Å². The Morgan fingerprint density at radius 3 is 2.35 bits per heavy atom. The van der Waals surface area contributed by atoms with Gasteiger partial charge in [-0.1, -0.05) is 0 Å². The third kappa shape index (κ3) is 13.8. The Labute approximate surface area is 123 Å². The summed E-state index contributed by atoms with van der Waals surface area (Å²) in [6.07, 6.45) is 0.715. The van der Waals surface area contributed by atoms with E-state index in [9.17, 15) is 14.7 Å². The summed E-state index contributed by atoms with van der Waals surface area (Å²) in [5.41, 5.74) is 0. The van der Waals surface area contributed by atoms with Crippen LogP contribution in [0.3, 0.4) is 0 Å². The quantitative estimate of drug-likeness (QED) is 0.333. The molecule has 17 heavy (non-hydrogen) atoms. The molecule has 0 saturated carbocycles. The molecule has 1 N–H and O–H groups in total. The summed E-state index contributed by atoms with van der Waals surface area (Å²) >= 11 is 0. The van der Waals surface area contributed by atoms with E-state index in [4.69, 9.17) is 9.84 Å². The van der Waals surface area contributed by atoms with Crippen molar-refractivity contribution < 1.29 is 54.1 Å². The molecule has 0 atom stereocenters. The van der Waals surface area contributed by atoms with Gasteiger partial charge in [0, 0.05) is 19.7 Å². The Hall–Kier alpha value is -0.140. The zero-order valence-electron chi connectivity index (χ0n) is 10.6. The summed E-state index contributed by atoms with van der Waals surface area (Å²) < 4.78 is 5.27. The second-order valence-corrected chi connectivity index (χ2v) is 3.75. The average Bonchev–Trinajstić information content (AvgIpc) is 2.09. The molecule has 0 aliphatic heterocycles.